The maximum absolute atomic E-state index is 13.6. The van der Waals surface area contributed by atoms with Crippen LogP contribution in [-0.4, -0.2) is 150 Å². The molecule has 0 radical (unpaired) electrons. The molecule has 9 atom stereocenters. The summed E-state index contributed by atoms with van der Waals surface area (Å²) in [6.45, 7) is 23.9. The van der Waals surface area contributed by atoms with Crippen LogP contribution in [0.1, 0.15) is 188 Å². The molecule has 3 fully saturated rings. The Balaban J connectivity index is 0.000000178. The molecule has 9 unspecified atom stereocenters. The van der Waals surface area contributed by atoms with Gasteiger partial charge in [-0.15, -0.1) is 11.6 Å². The zero-order valence-corrected chi connectivity index (χ0v) is 89.3. The molecule has 720 valence electrons. The molecule has 0 bridgehead atoms. The normalized spacial score (nSPS) is 20.1. The number of esters is 2. The van der Waals surface area contributed by atoms with Crippen molar-refractivity contribution in [3.05, 3.63) is 311 Å². The van der Waals surface area contributed by atoms with Gasteiger partial charge in [0.15, 0.2) is 31.8 Å². The first-order chi connectivity index (χ1) is 64.6. The van der Waals surface area contributed by atoms with Gasteiger partial charge >= 0.3 is 47.5 Å². The van der Waals surface area contributed by atoms with Crippen LogP contribution >= 0.6 is 152 Å². The van der Waals surface area contributed by atoms with Crippen LogP contribution in [0, 0.1) is 23.7 Å². The van der Waals surface area contributed by atoms with Crippen LogP contribution in [0.3, 0.4) is 0 Å². The molecule has 9 aliphatic rings. The number of carboxylic acids is 1. The number of carbonyl (C=O) groups excluding carboxylic acids is 6. The van der Waals surface area contributed by atoms with Gasteiger partial charge in [-0.1, -0.05) is 245 Å². The molecule has 9 heterocycles. The third-order valence-electron chi connectivity index (χ3n) is 22.2. The number of thioether (sulfide) groups is 3. The first kappa shape index (κ1) is 111. The van der Waals surface area contributed by atoms with Gasteiger partial charge in [-0.25, -0.2) is 14.4 Å². The number of Topliss-reactive ketones (excluding diaryl/α,β-unsaturated/α-hetero) is 1. The van der Waals surface area contributed by atoms with Crippen molar-refractivity contribution in [2.75, 3.05) is 52.5 Å². The van der Waals surface area contributed by atoms with Crippen molar-refractivity contribution in [1.29, 1.82) is 0 Å². The number of alkyl halides is 1. The number of benzene rings is 8. The number of amides is 3. The number of amidine groups is 3. The van der Waals surface area contributed by atoms with E-state index in [9.17, 15) is 38.7 Å². The number of carbonyl (C=O) groups is 7. The molecule has 0 saturated carbocycles. The van der Waals surface area contributed by atoms with Gasteiger partial charge in [0.25, 0.3) is 5.91 Å². The zero-order valence-electron chi connectivity index (χ0n) is 77.2. The Bertz CT molecular complexity index is 5730. The van der Waals surface area contributed by atoms with E-state index >= 15 is 0 Å². The third-order valence-corrected chi connectivity index (χ3v) is 28.2. The Morgan fingerprint density at radius 1 is 0.438 bits per heavy atom. The molecular weight excluding hydrogens is 2020 g/mol. The summed E-state index contributed by atoms with van der Waals surface area (Å²) in [5.74, 6) is -0.982. The summed E-state index contributed by atoms with van der Waals surface area (Å²) in [6, 6.07) is 61.7. The molecule has 17 rings (SSSR count). The summed E-state index contributed by atoms with van der Waals surface area (Å²) in [5.41, 5.74) is 11.4. The number of halogens is 9. The van der Waals surface area contributed by atoms with Gasteiger partial charge in [-0.2, -0.15) is 0 Å². The maximum Gasteiger partial charge on any atom is 1.00 e. The van der Waals surface area contributed by atoms with Crippen LogP contribution in [0.2, 0.25) is 40.2 Å². The van der Waals surface area contributed by atoms with E-state index in [0.717, 1.165) is 113 Å². The number of thiocarbonyl (C=S) groups is 1. The monoisotopic (exact) mass is 2120 g/mol. The van der Waals surface area contributed by atoms with Crippen molar-refractivity contribution in [1.82, 2.24) is 46.2 Å². The van der Waals surface area contributed by atoms with Crippen molar-refractivity contribution < 1.29 is 83.2 Å². The van der Waals surface area contributed by atoms with Crippen molar-refractivity contribution >= 4 is 214 Å². The number of rotatable bonds is 23. The second-order valence-electron chi connectivity index (χ2n) is 34.2. The number of aliphatic carboxylic acids is 1. The number of allylic oxidation sites excluding steroid dienone is 3. The van der Waals surface area contributed by atoms with Crippen molar-refractivity contribution in [2.45, 2.75) is 149 Å². The standard InChI is InChI=1S/C26H26Cl2N4O2S.C24H24Cl2N2O2S.C22H20Cl2N2O2S.C15H12Cl2N2S.C9H15ClO3.C4H8N2O.Na.H2O/c1-15(2)13-20-24(25(34)31-12-11-29-21(33)14-31)35-26-30-22(16-3-7-18(27)8-4-16)23(32(20)26)17-5-9-19(28)10-6-17;1-4-30-23(29)22-19(13-14(2)3)28-21(16-7-11-18(26)12-8-16)20(27-24(28)31-22)15-5-9-17(25)10-6-15;1-12(2)11-17-20(21(27)28)29-22-25-18(13-3-7-15(23)8-4-13)19(26(17)22)14-5-9-16(24)10-6-14;16-11-5-1-9(2-6-11)13-14(19-15(20)18-13)10-3-7-12(17)8-4-10;1-4-13-9(12)8(10)7(11)5-6(2)3;7-4-3-5-1-2-6-4;;/h3-10,15,22-23H,11-14H2,1-2H3,(H,29,33);5-12,14,20-21H,4,13H2,1-3H3;3-10,12,18-19H,11H2,1-2H3,(H,27,28);1-8,13-14H,(H2,18,19,20);6,8H,4-5H2,1-3H3;5H,1-3H2,(H,6,7);;1H2/q;;;;;;+1;/p-1. The molecule has 8 aromatic rings. The maximum atomic E-state index is 13.6. The van der Waals surface area contributed by atoms with Crippen LogP contribution in [0.5, 0.6) is 0 Å². The van der Waals surface area contributed by atoms with E-state index in [1.54, 1.807) is 11.8 Å². The predicted molar refractivity (Wildman–Crippen MR) is 555 cm³/mol. The summed E-state index contributed by atoms with van der Waals surface area (Å²) in [7, 11) is 0. The second kappa shape index (κ2) is 52.2. The number of piperazine rings is 2. The Kier molecular flexibility index (Phi) is 42.4. The van der Waals surface area contributed by atoms with Crippen LogP contribution in [-0.2, 0) is 43.0 Å². The Morgan fingerprint density at radius 3 is 1.05 bits per heavy atom. The molecule has 3 amide bonds. The van der Waals surface area contributed by atoms with Crippen LogP contribution in [0.15, 0.2) is 241 Å². The van der Waals surface area contributed by atoms with Gasteiger partial charge in [0, 0.05) is 89.9 Å². The Morgan fingerprint density at radius 2 is 0.752 bits per heavy atom. The van der Waals surface area contributed by atoms with Gasteiger partial charge in [-0.05, 0) is 246 Å². The second-order valence-corrected chi connectivity index (χ2v) is 41.5. The number of hydrogen-bond donors (Lipinski definition) is 6. The van der Waals surface area contributed by atoms with Gasteiger partial charge in [0.2, 0.25) is 11.8 Å². The topological polar surface area (TPSA) is 298 Å². The van der Waals surface area contributed by atoms with Gasteiger partial charge in [0.1, 0.15) is 27.9 Å². The summed E-state index contributed by atoms with van der Waals surface area (Å²) in [5, 5.41) is 32.2. The van der Waals surface area contributed by atoms with Crippen LogP contribution < -0.4 is 56.1 Å². The first-order valence-electron chi connectivity index (χ1n) is 44.3. The number of ether oxygens (including phenoxy) is 2. The number of nitrogens with one attached hydrogen (secondary N) is 5. The largest absolute Gasteiger partial charge is 1.00 e. The summed E-state index contributed by atoms with van der Waals surface area (Å²) < 4.78 is 9.97. The molecule has 137 heavy (non-hydrogen) atoms. The van der Waals surface area contributed by atoms with E-state index in [1.165, 1.54) is 35.3 Å². The van der Waals surface area contributed by atoms with Crippen LogP contribution in [0.25, 0.3) is 0 Å². The summed E-state index contributed by atoms with van der Waals surface area (Å²) in [6.07, 6.45) is 2.47. The number of carboxylic acid groups (broad SMARTS) is 1. The van der Waals surface area contributed by atoms with E-state index in [-0.39, 0.29) is 132 Å². The predicted octanol–water partition coefficient (Wildman–Crippen LogP) is 20.5. The smallest absolute Gasteiger partial charge is 0.870 e. The molecule has 23 nitrogen and oxygen atoms in total. The van der Waals surface area contributed by atoms with Gasteiger partial charge < -0.3 is 66.2 Å². The Labute approximate surface area is 885 Å². The molecule has 8 aromatic carbocycles. The van der Waals surface area contributed by atoms with E-state index in [2.05, 4.69) is 87.6 Å². The van der Waals surface area contributed by atoms with Crippen molar-refractivity contribution in [3.8, 4) is 0 Å². The van der Waals surface area contributed by atoms with E-state index in [1.807, 2.05) is 215 Å². The number of aliphatic imine (C=N–C) groups is 3. The van der Waals surface area contributed by atoms with Crippen molar-refractivity contribution in [3.63, 3.8) is 0 Å². The average molecular weight is 2120 g/mol. The molecule has 9 aliphatic heterocycles. The zero-order chi connectivity index (χ0) is 97.2. The van der Waals surface area contributed by atoms with Crippen LogP contribution in [0.4, 0.5) is 0 Å². The number of fused-ring (bicyclic) bond motifs is 3. The molecule has 7 N–H and O–H groups in total. The van der Waals surface area contributed by atoms with E-state index in [4.69, 9.17) is 136 Å². The fraction of sp³-hybridized carbons (Fsp3) is 0.350. The first-order valence-corrected chi connectivity index (χ1v) is 50.6. The molecule has 0 spiro atoms. The number of hydrogen-bond acceptors (Lipinski definition) is 21. The fourth-order valence-corrected chi connectivity index (χ4v) is 21.1. The van der Waals surface area contributed by atoms with E-state index < -0.39 is 17.3 Å². The summed E-state index contributed by atoms with van der Waals surface area (Å²) in [4.78, 5) is 108. The molecule has 37 heteroatoms. The number of nitrogens with zero attached hydrogens (tertiary/aromatic N) is 7. The molecule has 0 aromatic heterocycles. The van der Waals surface area contributed by atoms with E-state index in [0.29, 0.717) is 107 Å². The molecular formula is C100H106Cl9N12NaO11S4. The summed E-state index contributed by atoms with van der Waals surface area (Å²) >= 11 is 63.6. The minimum atomic E-state index is -1.14. The molecule has 3 saturated heterocycles. The quantitative estimate of drug-likeness (QED) is 0.0114. The average Bonchev–Trinajstić information content (AvgIpc) is 1.56. The van der Waals surface area contributed by atoms with Crippen molar-refractivity contribution in [2.24, 2.45) is 38.6 Å². The SMILES string of the molecule is CC(C)CC1=C(C(=O)N2CCNC(=O)C2)SC2=NC(c3ccc(Cl)cc3)C(c3ccc(Cl)cc3)N21.CC(C)CC1=C(C(=O)O)SC2=NC(c3ccc(Cl)cc3)C(c3ccc(Cl)cc3)N21.CCOC(=O)C(Cl)C(=O)CC(C)C.CCOC(=O)C1=C(CC(C)C)N2C(=NC(c3ccc(Cl)cc3)C2c2ccc(Cl)cc2)S1.O=C1CNCCN1.S=C1NC(c2ccc(Cl)cc2)C(c2ccc(Cl)cc2)N1.[Na+].[OH-]. The minimum absolute atomic E-state index is 0. The number of ketones is 1. The minimum Gasteiger partial charge on any atom is -0.870 e. The molecule has 0 aliphatic carbocycles. The Hall–Kier alpha value is -7.85. The fourth-order valence-electron chi connectivity index (χ4n) is 16.3. The van der Waals surface area contributed by atoms with Gasteiger partial charge in [0.05, 0.1) is 61.4 Å². The van der Waals surface area contributed by atoms with Gasteiger partial charge in [-0.3, -0.25) is 34.2 Å². The third kappa shape index (κ3) is 29.2.